The quantitative estimate of drug-likeness (QED) is 0.129. The van der Waals surface area contributed by atoms with E-state index in [1.54, 1.807) is 0 Å². The predicted octanol–water partition coefficient (Wildman–Crippen LogP) is 14.8. The Morgan fingerprint density at radius 1 is 0.283 bits per heavy atom. The number of fused-ring (bicyclic) bond motifs is 10. The van der Waals surface area contributed by atoms with Crippen LogP contribution in [0.5, 0.6) is 0 Å². The molecule has 0 bridgehead atoms. The molecule has 0 saturated heterocycles. The van der Waals surface area contributed by atoms with Gasteiger partial charge in [0.05, 0.1) is 0 Å². The van der Waals surface area contributed by atoms with Crippen molar-refractivity contribution in [1.82, 2.24) is 0 Å². The highest BCUT2D eigenvalue weighted by atomic mass is 14.4. The third-order valence-electron chi connectivity index (χ3n) is 12.0. The zero-order valence-electron chi connectivity index (χ0n) is 29.8. The molecule has 0 nitrogen and oxygen atoms in total. The van der Waals surface area contributed by atoms with Crippen molar-refractivity contribution in [2.24, 2.45) is 0 Å². The standard InChI is InChI=1S/C53H36/c1-53(2)48-29-27-37(32-47(48)52-42-14-6-4-12-35(42)26-30-49(52)53)33-19-22-36(23-20-33)50-43-15-7-9-17-45(43)51(46-18-10-8-16-44(46)50)39-25-28-41-38(31-39)24-21-34-11-3-5-13-40(34)41/h3-32H,1-2H3. The molecule has 11 rings (SSSR count). The average molecular weight is 673 g/mol. The summed E-state index contributed by atoms with van der Waals surface area (Å²) in [6.45, 7) is 4.73. The van der Waals surface area contributed by atoms with Crippen LogP contribution in [-0.2, 0) is 5.41 Å². The maximum absolute atomic E-state index is 2.43. The van der Waals surface area contributed by atoms with E-state index >= 15 is 0 Å². The Morgan fingerprint density at radius 2 is 0.736 bits per heavy atom. The summed E-state index contributed by atoms with van der Waals surface area (Å²) in [7, 11) is 0. The first-order valence-corrected chi connectivity index (χ1v) is 18.7. The first-order chi connectivity index (χ1) is 26.0. The van der Waals surface area contributed by atoms with E-state index in [1.165, 1.54) is 109 Å². The highest BCUT2D eigenvalue weighted by Crippen LogP contribution is 2.52. The molecule has 0 atom stereocenters. The van der Waals surface area contributed by atoms with Crippen LogP contribution < -0.4 is 0 Å². The van der Waals surface area contributed by atoms with E-state index in [-0.39, 0.29) is 5.41 Å². The molecule has 1 aliphatic carbocycles. The van der Waals surface area contributed by atoms with Crippen LogP contribution in [0.15, 0.2) is 182 Å². The van der Waals surface area contributed by atoms with Crippen LogP contribution >= 0.6 is 0 Å². The van der Waals surface area contributed by atoms with E-state index in [2.05, 4.69) is 196 Å². The Kier molecular flexibility index (Phi) is 6.40. The van der Waals surface area contributed by atoms with Crippen molar-refractivity contribution < 1.29 is 0 Å². The van der Waals surface area contributed by atoms with Crippen molar-refractivity contribution in [2.45, 2.75) is 19.3 Å². The van der Waals surface area contributed by atoms with Gasteiger partial charge in [-0.3, -0.25) is 0 Å². The summed E-state index contributed by atoms with van der Waals surface area (Å²) in [5, 5.41) is 12.9. The summed E-state index contributed by atoms with van der Waals surface area (Å²) in [5.41, 5.74) is 13.1. The van der Waals surface area contributed by atoms with Gasteiger partial charge in [-0.25, -0.2) is 0 Å². The first kappa shape index (κ1) is 30.2. The SMILES string of the molecule is CC1(C)c2ccc(-c3ccc(-c4c5ccccc5c(-c5ccc6c(ccc7ccccc76)c5)c5ccccc45)cc3)cc2-c2c1ccc1ccccc21. The molecule has 1 aliphatic rings. The second-order valence-electron chi connectivity index (χ2n) is 15.2. The molecule has 0 fully saturated rings. The summed E-state index contributed by atoms with van der Waals surface area (Å²) >= 11 is 0. The van der Waals surface area contributed by atoms with Crippen molar-refractivity contribution in [2.75, 3.05) is 0 Å². The second-order valence-corrected chi connectivity index (χ2v) is 15.2. The van der Waals surface area contributed by atoms with Gasteiger partial charge in [0.1, 0.15) is 0 Å². The minimum absolute atomic E-state index is 0.0351. The molecular formula is C53H36. The number of hydrogen-bond acceptors (Lipinski definition) is 0. The van der Waals surface area contributed by atoms with E-state index in [0.29, 0.717) is 0 Å². The third kappa shape index (κ3) is 4.42. The average Bonchev–Trinajstić information content (AvgIpc) is 3.45. The molecule has 0 saturated carbocycles. The molecule has 0 radical (unpaired) electrons. The van der Waals surface area contributed by atoms with Crippen molar-refractivity contribution in [3.8, 4) is 44.5 Å². The Bertz CT molecular complexity index is 3060. The fourth-order valence-electron chi connectivity index (χ4n) is 9.45. The molecule has 0 heteroatoms. The van der Waals surface area contributed by atoms with Gasteiger partial charge in [0.25, 0.3) is 0 Å². The van der Waals surface area contributed by atoms with Crippen molar-refractivity contribution in [3.63, 3.8) is 0 Å². The second kappa shape index (κ2) is 11.2. The van der Waals surface area contributed by atoms with Gasteiger partial charge in [-0.15, -0.1) is 0 Å². The third-order valence-corrected chi connectivity index (χ3v) is 12.0. The molecular weight excluding hydrogens is 637 g/mol. The van der Waals surface area contributed by atoms with Crippen LogP contribution in [0.25, 0.3) is 98.4 Å². The van der Waals surface area contributed by atoms with Crippen molar-refractivity contribution in [1.29, 1.82) is 0 Å². The van der Waals surface area contributed by atoms with Gasteiger partial charge in [-0.2, -0.15) is 0 Å². The predicted molar refractivity (Wildman–Crippen MR) is 228 cm³/mol. The van der Waals surface area contributed by atoms with Gasteiger partial charge in [0, 0.05) is 5.41 Å². The van der Waals surface area contributed by atoms with E-state index in [4.69, 9.17) is 0 Å². The highest BCUT2D eigenvalue weighted by Gasteiger charge is 2.36. The first-order valence-electron chi connectivity index (χ1n) is 18.7. The summed E-state index contributed by atoms with van der Waals surface area (Å²) < 4.78 is 0. The summed E-state index contributed by atoms with van der Waals surface area (Å²) in [6.07, 6.45) is 0. The van der Waals surface area contributed by atoms with Gasteiger partial charge in [0.15, 0.2) is 0 Å². The summed E-state index contributed by atoms with van der Waals surface area (Å²) in [4.78, 5) is 0. The molecule has 0 spiro atoms. The van der Waals surface area contributed by atoms with E-state index in [0.717, 1.165) is 0 Å². The lowest BCUT2D eigenvalue weighted by molar-refractivity contribution is 0.661. The molecule has 0 heterocycles. The Morgan fingerprint density at radius 3 is 1.42 bits per heavy atom. The molecule has 0 aromatic heterocycles. The van der Waals surface area contributed by atoms with Crippen LogP contribution in [0.2, 0.25) is 0 Å². The molecule has 0 N–H and O–H groups in total. The van der Waals surface area contributed by atoms with Gasteiger partial charge in [-0.1, -0.05) is 184 Å². The molecule has 0 unspecified atom stereocenters. The van der Waals surface area contributed by atoms with Crippen LogP contribution in [-0.4, -0.2) is 0 Å². The number of benzene rings is 10. The minimum Gasteiger partial charge on any atom is -0.0616 e. The monoisotopic (exact) mass is 672 g/mol. The number of rotatable bonds is 3. The Labute approximate surface area is 309 Å². The van der Waals surface area contributed by atoms with E-state index in [1.807, 2.05) is 0 Å². The highest BCUT2D eigenvalue weighted by molar-refractivity contribution is 6.22. The largest absolute Gasteiger partial charge is 0.0616 e. The molecule has 10 aromatic carbocycles. The van der Waals surface area contributed by atoms with Gasteiger partial charge >= 0.3 is 0 Å². The minimum atomic E-state index is -0.0351. The van der Waals surface area contributed by atoms with Crippen LogP contribution in [0.3, 0.4) is 0 Å². The number of hydrogen-bond donors (Lipinski definition) is 0. The van der Waals surface area contributed by atoms with Gasteiger partial charge < -0.3 is 0 Å². The van der Waals surface area contributed by atoms with E-state index < -0.39 is 0 Å². The zero-order chi connectivity index (χ0) is 35.3. The fourth-order valence-corrected chi connectivity index (χ4v) is 9.45. The molecule has 0 amide bonds. The maximum atomic E-state index is 2.43. The Hall–Kier alpha value is -6.50. The van der Waals surface area contributed by atoms with E-state index in [9.17, 15) is 0 Å². The van der Waals surface area contributed by atoms with Crippen molar-refractivity contribution >= 4 is 53.9 Å². The smallest absolute Gasteiger partial charge is 0.0159 e. The van der Waals surface area contributed by atoms with Crippen LogP contribution in [0.4, 0.5) is 0 Å². The van der Waals surface area contributed by atoms with Crippen molar-refractivity contribution in [3.05, 3.63) is 193 Å². The molecule has 10 aromatic rings. The van der Waals surface area contributed by atoms with Gasteiger partial charge in [0.2, 0.25) is 0 Å². The molecule has 53 heavy (non-hydrogen) atoms. The van der Waals surface area contributed by atoms with Crippen LogP contribution in [0.1, 0.15) is 25.0 Å². The molecule has 0 aliphatic heterocycles. The maximum Gasteiger partial charge on any atom is 0.0159 e. The zero-order valence-corrected chi connectivity index (χ0v) is 29.8. The fraction of sp³-hybridized carbons (Fsp3) is 0.0566. The lowest BCUT2D eigenvalue weighted by Crippen LogP contribution is -2.14. The lowest BCUT2D eigenvalue weighted by Gasteiger charge is -2.21. The molecule has 248 valence electrons. The Balaban J connectivity index is 1.05. The van der Waals surface area contributed by atoms with Gasteiger partial charge in [-0.05, 0) is 122 Å². The topological polar surface area (TPSA) is 0 Å². The van der Waals surface area contributed by atoms with Crippen LogP contribution in [0, 0.1) is 0 Å². The normalized spacial score (nSPS) is 13.2. The summed E-state index contributed by atoms with van der Waals surface area (Å²) in [5.74, 6) is 0. The lowest BCUT2D eigenvalue weighted by atomic mass is 9.82. The summed E-state index contributed by atoms with van der Waals surface area (Å²) in [6, 6.07) is 67.9.